The van der Waals surface area contributed by atoms with Gasteiger partial charge in [0.1, 0.15) is 5.82 Å². The summed E-state index contributed by atoms with van der Waals surface area (Å²) in [7, 11) is 1.76. The zero-order chi connectivity index (χ0) is 16.4. The number of hydrogen-bond donors (Lipinski definition) is 0. The molecule has 1 nitrogen and oxygen atoms in total. The number of halogens is 1. The van der Waals surface area contributed by atoms with Gasteiger partial charge in [-0.15, -0.1) is 0 Å². The van der Waals surface area contributed by atoms with Gasteiger partial charge in [-0.1, -0.05) is 44.2 Å². The maximum Gasteiger partial charge on any atom is 0.123 e. The lowest BCUT2D eigenvalue weighted by Crippen LogP contribution is -2.15. The summed E-state index contributed by atoms with van der Waals surface area (Å²) < 4.78 is 19.1. The fraction of sp³-hybridized carbons (Fsp3) is 0.429. The zero-order valence-corrected chi connectivity index (χ0v) is 14.2. The Balaban J connectivity index is 2.05. The summed E-state index contributed by atoms with van der Waals surface area (Å²) in [4.78, 5) is 0. The third-order valence-electron chi connectivity index (χ3n) is 5.14. The summed E-state index contributed by atoms with van der Waals surface area (Å²) in [5.74, 6) is 1.06. The lowest BCUT2D eigenvalue weighted by Gasteiger charge is -2.27. The van der Waals surface area contributed by atoms with Crippen molar-refractivity contribution in [2.45, 2.75) is 38.5 Å². The molecular weight excluding hydrogens is 287 g/mol. The first-order valence-corrected chi connectivity index (χ1v) is 8.45. The molecule has 0 bridgehead atoms. The first kappa shape index (κ1) is 16.2. The van der Waals surface area contributed by atoms with Crippen molar-refractivity contribution in [3.8, 4) is 0 Å². The third-order valence-corrected chi connectivity index (χ3v) is 5.14. The zero-order valence-electron chi connectivity index (χ0n) is 14.2. The molecule has 3 atom stereocenters. The highest BCUT2D eigenvalue weighted by atomic mass is 19.1. The SMILES string of the molecule is COC[C@H](C)CC1c2ccccc2Cc2ccc(F)cc2C1C. The van der Waals surface area contributed by atoms with Crippen LogP contribution in [0.15, 0.2) is 42.5 Å². The van der Waals surface area contributed by atoms with Crippen LogP contribution in [-0.4, -0.2) is 13.7 Å². The minimum absolute atomic E-state index is 0.134. The molecule has 2 aromatic carbocycles. The van der Waals surface area contributed by atoms with E-state index in [2.05, 4.69) is 38.1 Å². The fourth-order valence-corrected chi connectivity index (χ4v) is 4.02. The van der Waals surface area contributed by atoms with Crippen LogP contribution in [0.25, 0.3) is 0 Å². The van der Waals surface area contributed by atoms with Gasteiger partial charge in [-0.2, -0.15) is 0 Å². The quantitative estimate of drug-likeness (QED) is 0.745. The maximum atomic E-state index is 13.8. The number of methoxy groups -OCH3 is 1. The third kappa shape index (κ3) is 3.32. The van der Waals surface area contributed by atoms with E-state index in [1.807, 2.05) is 6.07 Å². The summed E-state index contributed by atoms with van der Waals surface area (Å²) in [6.45, 7) is 5.24. The second kappa shape index (κ2) is 6.84. The van der Waals surface area contributed by atoms with Gasteiger partial charge < -0.3 is 4.74 Å². The van der Waals surface area contributed by atoms with Gasteiger partial charge in [-0.25, -0.2) is 4.39 Å². The number of benzene rings is 2. The summed E-state index contributed by atoms with van der Waals surface area (Å²) in [6, 6.07) is 14.0. The Morgan fingerprint density at radius 3 is 2.65 bits per heavy atom. The summed E-state index contributed by atoms with van der Waals surface area (Å²) in [6.07, 6.45) is 1.95. The van der Waals surface area contributed by atoms with Crippen molar-refractivity contribution < 1.29 is 9.13 Å². The van der Waals surface area contributed by atoms with E-state index in [0.717, 1.165) is 25.0 Å². The molecule has 0 aliphatic heterocycles. The van der Waals surface area contributed by atoms with Gasteiger partial charge >= 0.3 is 0 Å². The topological polar surface area (TPSA) is 9.23 Å². The minimum Gasteiger partial charge on any atom is -0.384 e. The monoisotopic (exact) mass is 312 g/mol. The predicted molar refractivity (Wildman–Crippen MR) is 92.5 cm³/mol. The number of ether oxygens (including phenoxy) is 1. The molecule has 2 heteroatoms. The second-order valence-corrected chi connectivity index (χ2v) is 6.91. The first-order chi connectivity index (χ1) is 11.1. The summed E-state index contributed by atoms with van der Waals surface area (Å²) >= 11 is 0. The van der Waals surface area contributed by atoms with Crippen LogP contribution in [0.5, 0.6) is 0 Å². The van der Waals surface area contributed by atoms with Crippen LogP contribution < -0.4 is 0 Å². The molecule has 0 amide bonds. The van der Waals surface area contributed by atoms with Crippen molar-refractivity contribution in [2.75, 3.05) is 13.7 Å². The molecule has 0 radical (unpaired) electrons. The van der Waals surface area contributed by atoms with Crippen LogP contribution in [-0.2, 0) is 11.2 Å². The first-order valence-electron chi connectivity index (χ1n) is 8.45. The van der Waals surface area contributed by atoms with E-state index in [-0.39, 0.29) is 5.82 Å². The second-order valence-electron chi connectivity index (χ2n) is 6.91. The molecule has 2 unspecified atom stereocenters. The molecule has 1 aliphatic carbocycles. The van der Waals surface area contributed by atoms with Gasteiger partial charge in [-0.05, 0) is 65.0 Å². The van der Waals surface area contributed by atoms with Gasteiger partial charge in [0, 0.05) is 13.7 Å². The maximum absolute atomic E-state index is 13.8. The lowest BCUT2D eigenvalue weighted by atomic mass is 9.78. The van der Waals surface area contributed by atoms with Gasteiger partial charge in [-0.3, -0.25) is 0 Å². The van der Waals surface area contributed by atoms with Crippen molar-refractivity contribution in [1.82, 2.24) is 0 Å². The molecule has 0 heterocycles. The molecule has 2 aromatic rings. The van der Waals surface area contributed by atoms with E-state index in [0.29, 0.717) is 17.8 Å². The Hall–Kier alpha value is -1.67. The molecule has 0 saturated carbocycles. The van der Waals surface area contributed by atoms with Crippen molar-refractivity contribution in [1.29, 1.82) is 0 Å². The van der Waals surface area contributed by atoms with Gasteiger partial charge in [0.2, 0.25) is 0 Å². The molecular formula is C21H25FO. The molecule has 3 rings (SSSR count). The summed E-state index contributed by atoms with van der Waals surface area (Å²) in [5, 5.41) is 0. The lowest BCUT2D eigenvalue weighted by molar-refractivity contribution is 0.150. The molecule has 23 heavy (non-hydrogen) atoms. The average molecular weight is 312 g/mol. The standard InChI is InChI=1S/C21H25FO/c1-14(13-23-3)10-21-15(2)20-12-18(22)9-8-17(20)11-16-6-4-5-7-19(16)21/h4-9,12,14-15,21H,10-11,13H2,1-3H3/t14-,15?,21?/m1/s1. The van der Waals surface area contributed by atoms with E-state index in [1.54, 1.807) is 19.2 Å². The largest absolute Gasteiger partial charge is 0.384 e. The Kier molecular flexibility index (Phi) is 4.82. The van der Waals surface area contributed by atoms with Gasteiger partial charge in [0.05, 0.1) is 0 Å². The van der Waals surface area contributed by atoms with Crippen molar-refractivity contribution in [2.24, 2.45) is 5.92 Å². The van der Waals surface area contributed by atoms with Crippen molar-refractivity contribution in [3.63, 3.8) is 0 Å². The predicted octanol–water partition coefficient (Wildman–Crippen LogP) is 5.29. The van der Waals surface area contributed by atoms with Crippen LogP contribution in [0.2, 0.25) is 0 Å². The summed E-state index contributed by atoms with van der Waals surface area (Å²) in [5.41, 5.74) is 5.21. The Labute approximate surface area is 138 Å². The van der Waals surface area contributed by atoms with Crippen LogP contribution in [0, 0.1) is 11.7 Å². The molecule has 0 fully saturated rings. The number of hydrogen-bond acceptors (Lipinski definition) is 1. The highest BCUT2D eigenvalue weighted by molar-refractivity contribution is 5.45. The molecule has 0 spiro atoms. The van der Waals surface area contributed by atoms with E-state index in [1.165, 1.54) is 16.7 Å². The van der Waals surface area contributed by atoms with Gasteiger partial charge in [0.15, 0.2) is 0 Å². The average Bonchev–Trinajstić information content (AvgIpc) is 2.64. The van der Waals surface area contributed by atoms with Crippen LogP contribution in [0.4, 0.5) is 4.39 Å². The molecule has 0 saturated heterocycles. The van der Waals surface area contributed by atoms with Gasteiger partial charge in [0.25, 0.3) is 0 Å². The highest BCUT2D eigenvalue weighted by Gasteiger charge is 2.29. The van der Waals surface area contributed by atoms with E-state index in [4.69, 9.17) is 4.74 Å². The molecule has 122 valence electrons. The van der Waals surface area contributed by atoms with E-state index >= 15 is 0 Å². The highest BCUT2D eigenvalue weighted by Crippen LogP contribution is 2.43. The smallest absolute Gasteiger partial charge is 0.123 e. The molecule has 1 aliphatic rings. The Morgan fingerprint density at radius 2 is 1.87 bits per heavy atom. The number of fused-ring (bicyclic) bond motifs is 2. The van der Waals surface area contributed by atoms with E-state index in [9.17, 15) is 4.39 Å². The van der Waals surface area contributed by atoms with Crippen LogP contribution in [0.3, 0.4) is 0 Å². The van der Waals surface area contributed by atoms with E-state index < -0.39 is 0 Å². The normalized spacial score (nSPS) is 21.2. The van der Waals surface area contributed by atoms with Crippen LogP contribution in [0.1, 0.15) is 54.4 Å². The number of rotatable bonds is 4. The molecule has 0 N–H and O–H groups in total. The fourth-order valence-electron chi connectivity index (χ4n) is 4.02. The Morgan fingerprint density at radius 1 is 1.13 bits per heavy atom. The Bertz CT molecular complexity index is 679. The van der Waals surface area contributed by atoms with Crippen molar-refractivity contribution >= 4 is 0 Å². The minimum atomic E-state index is -0.134. The van der Waals surface area contributed by atoms with Crippen molar-refractivity contribution in [3.05, 3.63) is 70.5 Å². The van der Waals surface area contributed by atoms with Crippen LogP contribution >= 0.6 is 0 Å². The molecule has 0 aromatic heterocycles.